The third kappa shape index (κ3) is 3.19. The van der Waals surface area contributed by atoms with Crippen LogP contribution in [0.1, 0.15) is 0 Å². The average molecular weight is 406 g/mol. The Balaban J connectivity index is 2.34. The van der Waals surface area contributed by atoms with E-state index in [-0.39, 0.29) is 5.95 Å². The van der Waals surface area contributed by atoms with Crippen molar-refractivity contribution in [2.45, 2.75) is 0 Å². The molecule has 0 amide bonds. The highest BCUT2D eigenvalue weighted by Crippen LogP contribution is 2.26. The molecule has 7 heteroatoms. The molecule has 0 aliphatic carbocycles. The van der Waals surface area contributed by atoms with Gasteiger partial charge < -0.3 is 16.8 Å². The Morgan fingerprint density at radius 2 is 1.94 bits per heavy atom. The van der Waals surface area contributed by atoms with Crippen LogP contribution in [0.2, 0.25) is 0 Å². The van der Waals surface area contributed by atoms with Gasteiger partial charge in [0.05, 0.1) is 5.69 Å². The Hall–Kier alpha value is -1.09. The predicted molar refractivity (Wildman–Crippen MR) is 81.0 cm³/mol. The fourth-order valence-corrected chi connectivity index (χ4v) is 2.11. The summed E-state index contributed by atoms with van der Waals surface area (Å²) in [5.41, 5.74) is 12.1. The number of rotatable bonds is 2. The van der Waals surface area contributed by atoms with Gasteiger partial charge in [0.1, 0.15) is 11.6 Å². The summed E-state index contributed by atoms with van der Waals surface area (Å²) in [6, 6.07) is 7.54. The van der Waals surface area contributed by atoms with Crippen molar-refractivity contribution in [1.29, 1.82) is 0 Å². The minimum absolute atomic E-state index is 0.150. The number of anilines is 4. The first-order chi connectivity index (χ1) is 8.04. The van der Waals surface area contributed by atoms with E-state index >= 15 is 0 Å². The molecule has 5 nitrogen and oxygen atoms in total. The number of nitrogens with zero attached hydrogens (tertiary/aromatic N) is 2. The summed E-state index contributed by atoms with van der Waals surface area (Å²) in [6.07, 6.45) is 0. The van der Waals surface area contributed by atoms with Crippen LogP contribution in [0.15, 0.2) is 28.7 Å². The lowest BCUT2D eigenvalue weighted by Gasteiger charge is -2.09. The molecule has 0 spiro atoms. The van der Waals surface area contributed by atoms with Crippen molar-refractivity contribution in [3.63, 3.8) is 0 Å². The second-order valence-electron chi connectivity index (χ2n) is 3.29. The van der Waals surface area contributed by atoms with Gasteiger partial charge in [-0.3, -0.25) is 0 Å². The molecule has 0 unspecified atom stereocenters. The lowest BCUT2D eigenvalue weighted by atomic mass is 10.3. The maximum absolute atomic E-state index is 5.60. The molecule has 0 aliphatic rings. The van der Waals surface area contributed by atoms with Gasteiger partial charge in [0.2, 0.25) is 5.95 Å². The van der Waals surface area contributed by atoms with Gasteiger partial charge in [-0.1, -0.05) is 15.9 Å². The number of nitrogens with two attached hydrogens (primary N) is 2. The summed E-state index contributed by atoms with van der Waals surface area (Å²) in [6.45, 7) is 0. The SMILES string of the molecule is Nc1cc(Nc2cc(Br)ccc2I)nc(N)n1. The first kappa shape index (κ1) is 12.4. The summed E-state index contributed by atoms with van der Waals surface area (Å²) < 4.78 is 2.05. The van der Waals surface area contributed by atoms with Crippen molar-refractivity contribution in [2.75, 3.05) is 16.8 Å². The van der Waals surface area contributed by atoms with Crippen LogP contribution in [0.5, 0.6) is 0 Å². The molecule has 5 N–H and O–H groups in total. The van der Waals surface area contributed by atoms with Gasteiger partial charge in [-0.2, -0.15) is 9.97 Å². The molecule has 2 aromatic rings. The zero-order valence-corrected chi connectivity index (χ0v) is 12.4. The van der Waals surface area contributed by atoms with Gasteiger partial charge in [-0.25, -0.2) is 0 Å². The molecule has 17 heavy (non-hydrogen) atoms. The predicted octanol–water partition coefficient (Wildman–Crippen LogP) is 2.75. The van der Waals surface area contributed by atoms with E-state index in [9.17, 15) is 0 Å². The van der Waals surface area contributed by atoms with Crippen molar-refractivity contribution < 1.29 is 0 Å². The van der Waals surface area contributed by atoms with Gasteiger partial charge in [0.15, 0.2) is 0 Å². The minimum atomic E-state index is 0.150. The average Bonchev–Trinajstić information content (AvgIpc) is 2.22. The van der Waals surface area contributed by atoms with Crippen LogP contribution in [0.25, 0.3) is 0 Å². The van der Waals surface area contributed by atoms with Crippen LogP contribution >= 0.6 is 38.5 Å². The molecular weight excluding hydrogens is 397 g/mol. The van der Waals surface area contributed by atoms with Crippen LogP contribution in [0.3, 0.4) is 0 Å². The first-order valence-electron chi connectivity index (χ1n) is 4.67. The highest BCUT2D eigenvalue weighted by atomic mass is 127. The quantitative estimate of drug-likeness (QED) is 0.668. The van der Waals surface area contributed by atoms with Crippen molar-refractivity contribution >= 4 is 61.8 Å². The Kier molecular flexibility index (Phi) is 3.67. The number of hydrogen-bond acceptors (Lipinski definition) is 5. The Morgan fingerprint density at radius 1 is 1.18 bits per heavy atom. The number of nitrogen functional groups attached to an aromatic ring is 2. The molecule has 1 aromatic carbocycles. The van der Waals surface area contributed by atoms with E-state index in [1.54, 1.807) is 6.07 Å². The summed E-state index contributed by atoms with van der Waals surface area (Å²) >= 11 is 5.65. The fourth-order valence-electron chi connectivity index (χ4n) is 1.28. The van der Waals surface area contributed by atoms with Gasteiger partial charge in [-0.15, -0.1) is 0 Å². The topological polar surface area (TPSA) is 89.8 Å². The largest absolute Gasteiger partial charge is 0.383 e. The van der Waals surface area contributed by atoms with Crippen LogP contribution in [-0.2, 0) is 0 Å². The van der Waals surface area contributed by atoms with E-state index in [1.807, 2.05) is 18.2 Å². The van der Waals surface area contributed by atoms with E-state index in [0.717, 1.165) is 13.7 Å². The second kappa shape index (κ2) is 5.05. The van der Waals surface area contributed by atoms with Crippen molar-refractivity contribution in [2.24, 2.45) is 0 Å². The number of nitrogens with one attached hydrogen (secondary N) is 1. The lowest BCUT2D eigenvalue weighted by molar-refractivity contribution is 1.19. The van der Waals surface area contributed by atoms with Gasteiger partial charge in [0, 0.05) is 14.1 Å². The molecule has 0 radical (unpaired) electrons. The molecule has 1 aromatic heterocycles. The number of benzene rings is 1. The maximum Gasteiger partial charge on any atom is 0.223 e. The van der Waals surface area contributed by atoms with Crippen LogP contribution < -0.4 is 16.8 Å². The summed E-state index contributed by atoms with van der Waals surface area (Å²) in [7, 11) is 0. The molecule has 1 heterocycles. The number of halogens is 2. The van der Waals surface area contributed by atoms with E-state index in [2.05, 4.69) is 53.8 Å². The number of aromatic nitrogens is 2. The zero-order chi connectivity index (χ0) is 12.4. The molecule has 0 saturated heterocycles. The molecular formula is C10H9BrIN5. The van der Waals surface area contributed by atoms with Gasteiger partial charge >= 0.3 is 0 Å². The standard InChI is InChI=1S/C10H9BrIN5/c11-5-1-2-6(12)7(3-5)15-9-4-8(13)16-10(14)17-9/h1-4H,(H5,13,14,15,16,17). The lowest BCUT2D eigenvalue weighted by Crippen LogP contribution is -2.03. The third-order valence-electron chi connectivity index (χ3n) is 1.95. The molecule has 0 saturated carbocycles. The van der Waals surface area contributed by atoms with Crippen LogP contribution in [0, 0.1) is 3.57 Å². The van der Waals surface area contributed by atoms with Gasteiger partial charge in [-0.05, 0) is 40.8 Å². The summed E-state index contributed by atoms with van der Waals surface area (Å²) in [5, 5.41) is 3.15. The Morgan fingerprint density at radius 3 is 2.65 bits per heavy atom. The van der Waals surface area contributed by atoms with Crippen molar-refractivity contribution in [3.8, 4) is 0 Å². The molecule has 2 rings (SSSR count). The number of hydrogen-bond donors (Lipinski definition) is 3. The normalized spacial score (nSPS) is 10.2. The molecule has 88 valence electrons. The smallest absolute Gasteiger partial charge is 0.223 e. The molecule has 0 atom stereocenters. The summed E-state index contributed by atoms with van der Waals surface area (Å²) in [4.78, 5) is 7.87. The van der Waals surface area contributed by atoms with Crippen molar-refractivity contribution in [1.82, 2.24) is 9.97 Å². The van der Waals surface area contributed by atoms with Crippen molar-refractivity contribution in [3.05, 3.63) is 32.3 Å². The maximum atomic E-state index is 5.60. The minimum Gasteiger partial charge on any atom is -0.383 e. The van der Waals surface area contributed by atoms with E-state index in [0.29, 0.717) is 11.6 Å². The second-order valence-corrected chi connectivity index (χ2v) is 5.36. The van der Waals surface area contributed by atoms with Crippen LogP contribution in [0.4, 0.5) is 23.3 Å². The highest BCUT2D eigenvalue weighted by molar-refractivity contribution is 14.1. The Bertz CT molecular complexity index is 540. The molecule has 0 bridgehead atoms. The monoisotopic (exact) mass is 405 g/mol. The molecule has 0 aliphatic heterocycles. The molecule has 0 fully saturated rings. The summed E-state index contributed by atoms with van der Waals surface area (Å²) in [5.74, 6) is 1.06. The van der Waals surface area contributed by atoms with E-state index < -0.39 is 0 Å². The highest BCUT2D eigenvalue weighted by Gasteiger charge is 2.04. The van der Waals surface area contributed by atoms with Crippen LogP contribution in [-0.4, -0.2) is 9.97 Å². The zero-order valence-electron chi connectivity index (χ0n) is 8.61. The fraction of sp³-hybridized carbons (Fsp3) is 0. The third-order valence-corrected chi connectivity index (χ3v) is 3.39. The first-order valence-corrected chi connectivity index (χ1v) is 6.54. The Labute approximate surface area is 120 Å². The van der Waals surface area contributed by atoms with E-state index in [1.165, 1.54) is 0 Å². The van der Waals surface area contributed by atoms with Gasteiger partial charge in [0.25, 0.3) is 0 Å². The van der Waals surface area contributed by atoms with E-state index in [4.69, 9.17) is 11.5 Å².